The Kier molecular flexibility index (Phi) is 4.89. The smallest absolute Gasteiger partial charge is 0.343 e. The van der Waals surface area contributed by atoms with Crippen LogP contribution in [0.2, 0.25) is 0 Å². The Labute approximate surface area is 154 Å². The number of ether oxygens (including phenoxy) is 1. The van der Waals surface area contributed by atoms with E-state index >= 15 is 0 Å². The highest BCUT2D eigenvalue weighted by atomic mass is 16.6. The summed E-state index contributed by atoms with van der Waals surface area (Å²) in [7, 11) is 0. The molecule has 0 atom stereocenters. The number of carbonyl (C=O) groups excluding carboxylic acids is 1. The van der Waals surface area contributed by atoms with Crippen LogP contribution in [0.5, 0.6) is 0 Å². The Hall–Kier alpha value is -3.68. The van der Waals surface area contributed by atoms with E-state index in [0.717, 1.165) is 0 Å². The van der Waals surface area contributed by atoms with Gasteiger partial charge in [-0.15, -0.1) is 0 Å². The summed E-state index contributed by atoms with van der Waals surface area (Å²) in [6.07, 6.45) is 1.48. The molecule has 0 aliphatic carbocycles. The van der Waals surface area contributed by atoms with Crippen molar-refractivity contribution in [1.82, 2.24) is 0 Å². The van der Waals surface area contributed by atoms with Crippen LogP contribution in [0.15, 0.2) is 62.8 Å². The van der Waals surface area contributed by atoms with Crippen LogP contribution >= 0.6 is 0 Å². The summed E-state index contributed by atoms with van der Waals surface area (Å²) < 4.78 is 10.6. The van der Waals surface area contributed by atoms with Crippen molar-refractivity contribution < 1.29 is 24.0 Å². The van der Waals surface area contributed by atoms with E-state index in [2.05, 4.69) is 4.99 Å². The Balaban J connectivity index is 1.91. The summed E-state index contributed by atoms with van der Waals surface area (Å²) in [6.45, 7) is 3.46. The molecule has 2 heterocycles. The van der Waals surface area contributed by atoms with Crippen molar-refractivity contribution in [1.29, 1.82) is 0 Å². The first kappa shape index (κ1) is 18.1. The Morgan fingerprint density at radius 3 is 2.85 bits per heavy atom. The zero-order valence-electron chi connectivity index (χ0n) is 14.6. The van der Waals surface area contributed by atoms with Crippen molar-refractivity contribution in [2.75, 3.05) is 6.61 Å². The number of hydrogen-bond acceptors (Lipinski definition) is 7. The number of rotatable bonds is 5. The molecule has 8 nitrogen and oxygen atoms in total. The molecule has 0 spiro atoms. The minimum absolute atomic E-state index is 0.0218. The maximum atomic E-state index is 11.9. The Bertz CT molecular complexity index is 1010. The first-order chi connectivity index (χ1) is 12.9. The summed E-state index contributed by atoms with van der Waals surface area (Å²) in [5.74, 6) is -0.117. The molecule has 138 valence electrons. The van der Waals surface area contributed by atoms with E-state index < -0.39 is 10.9 Å². The third-order valence-electron chi connectivity index (χ3n) is 3.86. The van der Waals surface area contributed by atoms with Gasteiger partial charge >= 0.3 is 5.97 Å². The van der Waals surface area contributed by atoms with E-state index in [-0.39, 0.29) is 29.3 Å². The fraction of sp³-hybridized carbons (Fsp3) is 0.158. The second-order valence-corrected chi connectivity index (χ2v) is 5.68. The van der Waals surface area contributed by atoms with Gasteiger partial charge in [0.15, 0.2) is 5.76 Å². The van der Waals surface area contributed by atoms with Gasteiger partial charge in [-0.2, -0.15) is 0 Å². The number of benzene rings is 1. The van der Waals surface area contributed by atoms with Crippen molar-refractivity contribution in [3.63, 3.8) is 0 Å². The first-order valence-corrected chi connectivity index (χ1v) is 8.13. The molecule has 0 saturated heterocycles. The van der Waals surface area contributed by atoms with Crippen LogP contribution in [-0.4, -0.2) is 28.3 Å². The molecule has 1 aliphatic rings. The molecular formula is C19H16N2O6. The maximum Gasteiger partial charge on any atom is 0.343 e. The van der Waals surface area contributed by atoms with Gasteiger partial charge in [0.05, 0.1) is 17.2 Å². The average molecular weight is 368 g/mol. The van der Waals surface area contributed by atoms with Crippen LogP contribution in [0.1, 0.15) is 19.6 Å². The molecule has 2 aromatic rings. The minimum atomic E-state index is -0.642. The van der Waals surface area contributed by atoms with Gasteiger partial charge in [-0.25, -0.2) is 9.79 Å². The van der Waals surface area contributed by atoms with Gasteiger partial charge in [0.2, 0.25) is 0 Å². The molecule has 8 heteroatoms. The molecular weight excluding hydrogens is 352 g/mol. The molecule has 3 rings (SSSR count). The molecule has 0 bridgehead atoms. The number of aliphatic imine (C=N–C) groups is 1. The zero-order chi connectivity index (χ0) is 19.6. The second kappa shape index (κ2) is 7.28. The fourth-order valence-electron chi connectivity index (χ4n) is 2.63. The minimum Gasteiger partial charge on any atom is -0.505 e. The number of aliphatic hydroxyl groups is 1. The molecule has 1 N–H and O–H groups in total. The van der Waals surface area contributed by atoms with Crippen molar-refractivity contribution in [2.45, 2.75) is 13.8 Å². The molecule has 27 heavy (non-hydrogen) atoms. The van der Waals surface area contributed by atoms with E-state index in [9.17, 15) is 20.0 Å². The van der Waals surface area contributed by atoms with E-state index in [0.29, 0.717) is 22.8 Å². The number of non-ortho nitro benzene ring substituents is 1. The molecule has 0 amide bonds. The van der Waals surface area contributed by atoms with Gasteiger partial charge in [-0.1, -0.05) is 12.1 Å². The van der Waals surface area contributed by atoms with Crippen LogP contribution in [0.25, 0.3) is 17.4 Å². The summed E-state index contributed by atoms with van der Waals surface area (Å²) in [5, 5.41) is 21.2. The predicted octanol–water partition coefficient (Wildman–Crippen LogP) is 4.05. The molecule has 1 aromatic carbocycles. The third kappa shape index (κ3) is 3.64. The highest BCUT2D eigenvalue weighted by Gasteiger charge is 2.27. The third-order valence-corrected chi connectivity index (χ3v) is 3.86. The van der Waals surface area contributed by atoms with Crippen molar-refractivity contribution in [3.8, 4) is 11.3 Å². The second-order valence-electron chi connectivity index (χ2n) is 5.68. The lowest BCUT2D eigenvalue weighted by Gasteiger charge is -2.02. The van der Waals surface area contributed by atoms with E-state index in [1.54, 1.807) is 38.1 Å². The van der Waals surface area contributed by atoms with Crippen LogP contribution < -0.4 is 0 Å². The van der Waals surface area contributed by atoms with Gasteiger partial charge in [0.25, 0.3) is 5.69 Å². The zero-order valence-corrected chi connectivity index (χ0v) is 14.6. The Morgan fingerprint density at radius 2 is 2.15 bits per heavy atom. The van der Waals surface area contributed by atoms with E-state index in [1.165, 1.54) is 18.2 Å². The number of nitro groups is 1. The van der Waals surface area contributed by atoms with Gasteiger partial charge in [-0.3, -0.25) is 10.1 Å². The Morgan fingerprint density at radius 1 is 1.37 bits per heavy atom. The number of nitrogens with zero attached hydrogens (tertiary/aromatic N) is 2. The first-order valence-electron chi connectivity index (χ1n) is 8.13. The molecule has 1 aliphatic heterocycles. The van der Waals surface area contributed by atoms with E-state index in [4.69, 9.17) is 9.15 Å². The predicted molar refractivity (Wildman–Crippen MR) is 98.2 cm³/mol. The highest BCUT2D eigenvalue weighted by Crippen LogP contribution is 2.30. The van der Waals surface area contributed by atoms with Crippen molar-refractivity contribution >= 4 is 23.4 Å². The summed E-state index contributed by atoms with van der Waals surface area (Å²) in [4.78, 5) is 26.5. The number of aliphatic hydroxyl groups excluding tert-OH is 1. The summed E-state index contributed by atoms with van der Waals surface area (Å²) >= 11 is 0. The highest BCUT2D eigenvalue weighted by molar-refractivity contribution is 6.22. The summed E-state index contributed by atoms with van der Waals surface area (Å²) in [6, 6.07) is 9.36. The normalized spacial score (nSPS) is 15.2. The fourth-order valence-corrected chi connectivity index (χ4v) is 2.63. The molecule has 1 aromatic heterocycles. The number of nitro benzene ring substituents is 1. The van der Waals surface area contributed by atoms with Crippen molar-refractivity contribution in [2.24, 2.45) is 4.99 Å². The number of carbonyl (C=O) groups is 1. The van der Waals surface area contributed by atoms with Crippen molar-refractivity contribution in [3.05, 3.63) is 69.3 Å². The average Bonchev–Trinajstić information content (AvgIpc) is 3.20. The molecule has 0 saturated carbocycles. The molecule has 0 unspecified atom stereocenters. The topological polar surface area (TPSA) is 115 Å². The lowest BCUT2D eigenvalue weighted by atomic mass is 10.1. The van der Waals surface area contributed by atoms with Gasteiger partial charge in [0, 0.05) is 23.8 Å². The van der Waals surface area contributed by atoms with Crippen LogP contribution in [0, 0.1) is 10.1 Å². The van der Waals surface area contributed by atoms with E-state index in [1.807, 2.05) is 0 Å². The van der Waals surface area contributed by atoms with Gasteiger partial charge in [0.1, 0.15) is 22.8 Å². The van der Waals surface area contributed by atoms with Crippen LogP contribution in [0.4, 0.5) is 5.69 Å². The SMILES string of the molecule is CCOC(=O)C1=C(O)C(=Cc2ccc(-c3cccc([N+](=O)[O-])c3)o2)N=C1C. The summed E-state index contributed by atoms with van der Waals surface area (Å²) in [5.41, 5.74) is 1.05. The lowest BCUT2D eigenvalue weighted by Crippen LogP contribution is -2.13. The molecule has 0 fully saturated rings. The standard InChI is InChI=1S/C19H16N2O6/c1-3-26-19(23)17-11(2)20-15(18(17)22)10-14-7-8-16(27-14)12-5-4-6-13(9-12)21(24)25/h4-10,22H,3H2,1-2H3. The maximum absolute atomic E-state index is 11.9. The lowest BCUT2D eigenvalue weighted by molar-refractivity contribution is -0.384. The molecule has 0 radical (unpaired) electrons. The number of esters is 1. The quantitative estimate of drug-likeness (QED) is 0.484. The van der Waals surface area contributed by atoms with Crippen LogP contribution in [0.3, 0.4) is 0 Å². The van der Waals surface area contributed by atoms with Gasteiger partial charge in [-0.05, 0) is 26.0 Å². The number of hydrogen-bond donors (Lipinski definition) is 1. The van der Waals surface area contributed by atoms with Crippen LogP contribution in [-0.2, 0) is 9.53 Å². The largest absolute Gasteiger partial charge is 0.505 e. The monoisotopic (exact) mass is 368 g/mol. The number of furan rings is 1. The van der Waals surface area contributed by atoms with Gasteiger partial charge < -0.3 is 14.3 Å².